The van der Waals surface area contributed by atoms with Crippen molar-refractivity contribution in [1.29, 1.82) is 0 Å². The van der Waals surface area contributed by atoms with E-state index in [1.807, 2.05) is 63.2 Å². The van der Waals surface area contributed by atoms with Gasteiger partial charge in [-0.2, -0.15) is 0 Å². The Hall–Kier alpha value is -2.81. The Morgan fingerprint density at radius 2 is 1.62 bits per heavy atom. The van der Waals surface area contributed by atoms with E-state index in [0.717, 1.165) is 16.8 Å². The second kappa shape index (κ2) is 6.36. The summed E-state index contributed by atoms with van der Waals surface area (Å²) in [6, 6.07) is 21.7. The van der Waals surface area contributed by atoms with Crippen molar-refractivity contribution in [3.05, 3.63) is 72.3 Å². The van der Waals surface area contributed by atoms with Gasteiger partial charge >= 0.3 is 5.97 Å². The van der Waals surface area contributed by atoms with Crippen molar-refractivity contribution in [3.8, 4) is 0 Å². The third kappa shape index (κ3) is 3.74. The van der Waals surface area contributed by atoms with Gasteiger partial charge in [-0.3, -0.25) is 0 Å². The minimum Gasteiger partial charge on any atom is -0.456 e. The first kappa shape index (κ1) is 16.1. The molecule has 3 nitrogen and oxygen atoms in total. The maximum atomic E-state index is 12.2. The topological polar surface area (TPSA) is 38.3 Å². The summed E-state index contributed by atoms with van der Waals surface area (Å²) in [7, 11) is 0. The highest BCUT2D eigenvalue weighted by Crippen LogP contribution is 2.27. The molecule has 122 valence electrons. The van der Waals surface area contributed by atoms with Gasteiger partial charge in [-0.25, -0.2) is 4.79 Å². The number of hydrogen-bond donors (Lipinski definition) is 1. The molecule has 0 atom stereocenters. The van der Waals surface area contributed by atoms with Crippen molar-refractivity contribution in [2.45, 2.75) is 26.4 Å². The molecule has 0 aromatic heterocycles. The lowest BCUT2D eigenvalue weighted by Gasteiger charge is -2.19. The van der Waals surface area contributed by atoms with Crippen LogP contribution in [0, 0.1) is 0 Å². The van der Waals surface area contributed by atoms with Crippen LogP contribution in [-0.4, -0.2) is 11.6 Å². The molecule has 0 saturated heterocycles. The molecule has 0 fully saturated rings. The van der Waals surface area contributed by atoms with Gasteiger partial charge in [-0.05, 0) is 50.4 Å². The summed E-state index contributed by atoms with van der Waals surface area (Å²) in [4.78, 5) is 12.2. The standard InChI is InChI=1S/C21H21NO2/c1-21(2,3)24-20(23)16-10-6-11-17(14-16)22-19-13-7-9-15-8-4-5-12-18(15)19/h4-14,22H,1-3H3. The van der Waals surface area contributed by atoms with Crippen LogP contribution in [0.15, 0.2) is 66.7 Å². The molecule has 0 bridgehead atoms. The summed E-state index contributed by atoms with van der Waals surface area (Å²) in [5, 5.41) is 5.71. The second-order valence-electron chi connectivity index (χ2n) is 6.73. The zero-order chi connectivity index (χ0) is 17.2. The summed E-state index contributed by atoms with van der Waals surface area (Å²) < 4.78 is 5.43. The monoisotopic (exact) mass is 319 g/mol. The molecular formula is C21H21NO2. The smallest absolute Gasteiger partial charge is 0.338 e. The van der Waals surface area contributed by atoms with Gasteiger partial charge in [0.2, 0.25) is 0 Å². The van der Waals surface area contributed by atoms with Gasteiger partial charge in [0.15, 0.2) is 0 Å². The molecule has 0 unspecified atom stereocenters. The molecule has 0 spiro atoms. The molecule has 0 aliphatic rings. The Bertz CT molecular complexity index is 873. The summed E-state index contributed by atoms with van der Waals surface area (Å²) in [6.07, 6.45) is 0. The van der Waals surface area contributed by atoms with E-state index in [0.29, 0.717) is 5.56 Å². The van der Waals surface area contributed by atoms with Crippen molar-refractivity contribution >= 4 is 28.1 Å². The van der Waals surface area contributed by atoms with E-state index in [2.05, 4.69) is 23.5 Å². The average Bonchev–Trinajstić information content (AvgIpc) is 2.54. The third-order valence-corrected chi connectivity index (χ3v) is 3.57. The molecule has 3 aromatic carbocycles. The van der Waals surface area contributed by atoms with E-state index in [4.69, 9.17) is 4.74 Å². The van der Waals surface area contributed by atoms with Gasteiger partial charge in [-0.1, -0.05) is 42.5 Å². The van der Waals surface area contributed by atoms with Gasteiger partial charge in [0.05, 0.1) is 5.56 Å². The Labute approximate surface area is 142 Å². The second-order valence-corrected chi connectivity index (χ2v) is 6.73. The van der Waals surface area contributed by atoms with Crippen molar-refractivity contribution in [2.24, 2.45) is 0 Å². The number of nitrogens with one attached hydrogen (secondary N) is 1. The van der Waals surface area contributed by atoms with Crippen LogP contribution in [0.3, 0.4) is 0 Å². The molecule has 0 saturated carbocycles. The average molecular weight is 319 g/mol. The van der Waals surface area contributed by atoms with E-state index in [1.54, 1.807) is 6.07 Å². The summed E-state index contributed by atoms with van der Waals surface area (Å²) >= 11 is 0. The van der Waals surface area contributed by atoms with Gasteiger partial charge in [0.1, 0.15) is 5.60 Å². The van der Waals surface area contributed by atoms with Crippen LogP contribution < -0.4 is 5.32 Å². The van der Waals surface area contributed by atoms with Crippen LogP contribution in [0.2, 0.25) is 0 Å². The van der Waals surface area contributed by atoms with Crippen LogP contribution in [0.5, 0.6) is 0 Å². The van der Waals surface area contributed by atoms with Crippen LogP contribution in [0.25, 0.3) is 10.8 Å². The Morgan fingerprint density at radius 3 is 2.42 bits per heavy atom. The number of anilines is 2. The lowest BCUT2D eigenvalue weighted by atomic mass is 10.1. The fraction of sp³-hybridized carbons (Fsp3) is 0.190. The normalized spacial score (nSPS) is 11.3. The van der Waals surface area contributed by atoms with E-state index in [1.165, 1.54) is 5.39 Å². The maximum Gasteiger partial charge on any atom is 0.338 e. The van der Waals surface area contributed by atoms with Crippen molar-refractivity contribution < 1.29 is 9.53 Å². The van der Waals surface area contributed by atoms with E-state index in [9.17, 15) is 4.79 Å². The molecule has 3 aromatic rings. The minimum atomic E-state index is -0.504. The SMILES string of the molecule is CC(C)(C)OC(=O)c1cccc(Nc2cccc3ccccc23)c1. The first-order valence-electron chi connectivity index (χ1n) is 8.01. The number of benzene rings is 3. The largest absolute Gasteiger partial charge is 0.456 e. The number of fused-ring (bicyclic) bond motifs is 1. The van der Waals surface area contributed by atoms with Gasteiger partial charge in [-0.15, -0.1) is 0 Å². The van der Waals surface area contributed by atoms with Crippen LogP contribution in [-0.2, 0) is 4.74 Å². The van der Waals surface area contributed by atoms with Crippen molar-refractivity contribution in [3.63, 3.8) is 0 Å². The summed E-state index contributed by atoms with van der Waals surface area (Å²) in [5.41, 5.74) is 1.90. The fourth-order valence-electron chi connectivity index (χ4n) is 2.55. The predicted octanol–water partition coefficient (Wildman–Crippen LogP) is 5.54. The first-order chi connectivity index (χ1) is 11.4. The molecule has 3 rings (SSSR count). The zero-order valence-corrected chi connectivity index (χ0v) is 14.2. The maximum absolute atomic E-state index is 12.2. The highest BCUT2D eigenvalue weighted by atomic mass is 16.6. The summed E-state index contributed by atoms with van der Waals surface area (Å²) in [6.45, 7) is 5.59. The molecule has 0 aliphatic heterocycles. The molecular weight excluding hydrogens is 298 g/mol. The Balaban J connectivity index is 1.88. The van der Waals surface area contributed by atoms with Crippen LogP contribution in [0.4, 0.5) is 11.4 Å². The Morgan fingerprint density at radius 1 is 0.917 bits per heavy atom. The lowest BCUT2D eigenvalue weighted by Crippen LogP contribution is -2.23. The summed E-state index contributed by atoms with van der Waals surface area (Å²) in [5.74, 6) is -0.316. The molecule has 1 N–H and O–H groups in total. The zero-order valence-electron chi connectivity index (χ0n) is 14.2. The highest BCUT2D eigenvalue weighted by Gasteiger charge is 2.18. The van der Waals surface area contributed by atoms with E-state index >= 15 is 0 Å². The van der Waals surface area contributed by atoms with Crippen molar-refractivity contribution in [1.82, 2.24) is 0 Å². The molecule has 24 heavy (non-hydrogen) atoms. The quantitative estimate of drug-likeness (QED) is 0.644. The number of hydrogen-bond acceptors (Lipinski definition) is 3. The third-order valence-electron chi connectivity index (χ3n) is 3.57. The fourth-order valence-corrected chi connectivity index (χ4v) is 2.55. The van der Waals surface area contributed by atoms with Crippen LogP contribution in [0.1, 0.15) is 31.1 Å². The van der Waals surface area contributed by atoms with E-state index in [-0.39, 0.29) is 5.97 Å². The van der Waals surface area contributed by atoms with Gasteiger partial charge in [0.25, 0.3) is 0 Å². The Kier molecular flexibility index (Phi) is 4.26. The number of esters is 1. The van der Waals surface area contributed by atoms with Crippen molar-refractivity contribution in [2.75, 3.05) is 5.32 Å². The number of carbonyl (C=O) groups is 1. The molecule has 0 amide bonds. The van der Waals surface area contributed by atoms with Gasteiger partial charge < -0.3 is 10.1 Å². The number of ether oxygens (including phenoxy) is 1. The lowest BCUT2D eigenvalue weighted by molar-refractivity contribution is 0.00696. The number of rotatable bonds is 3. The molecule has 0 aliphatic carbocycles. The highest BCUT2D eigenvalue weighted by molar-refractivity contribution is 5.96. The predicted molar refractivity (Wildman–Crippen MR) is 98.8 cm³/mol. The molecule has 0 heterocycles. The first-order valence-corrected chi connectivity index (χ1v) is 8.01. The molecule has 3 heteroatoms. The van der Waals surface area contributed by atoms with Gasteiger partial charge in [0, 0.05) is 16.8 Å². The van der Waals surface area contributed by atoms with E-state index < -0.39 is 5.60 Å². The molecule has 0 radical (unpaired) electrons. The van der Waals surface area contributed by atoms with Crippen LogP contribution >= 0.6 is 0 Å². The number of carbonyl (C=O) groups excluding carboxylic acids is 1. The minimum absolute atomic E-state index is 0.316.